The summed E-state index contributed by atoms with van der Waals surface area (Å²) in [4.78, 5) is 13.4. The average molecular weight is 291 g/mol. The van der Waals surface area contributed by atoms with E-state index in [1.165, 1.54) is 0 Å². The number of rotatable bonds is 4. The van der Waals surface area contributed by atoms with Crippen molar-refractivity contribution in [2.24, 2.45) is 5.41 Å². The van der Waals surface area contributed by atoms with E-state index in [1.807, 2.05) is 12.1 Å². The van der Waals surface area contributed by atoms with Crippen molar-refractivity contribution in [1.29, 1.82) is 0 Å². The standard InChI is InChI=1S/C18H29NO2/c1-17(2,3)12-18(4,5)14-8-9-15(20)13(10-14)11-16(21)19(6)7/h8-10,20H,11-12H2,1-7H3. The van der Waals surface area contributed by atoms with Crippen LogP contribution in [0.15, 0.2) is 18.2 Å². The first kappa shape index (κ1) is 17.5. The Morgan fingerprint density at radius 1 is 1.14 bits per heavy atom. The summed E-state index contributed by atoms with van der Waals surface area (Å²) in [5, 5.41) is 9.99. The number of nitrogens with zero attached hydrogens (tertiary/aromatic N) is 1. The van der Waals surface area contributed by atoms with Gasteiger partial charge in [0.15, 0.2) is 0 Å². The van der Waals surface area contributed by atoms with Crippen molar-refractivity contribution < 1.29 is 9.90 Å². The van der Waals surface area contributed by atoms with Crippen molar-refractivity contribution in [2.75, 3.05) is 14.1 Å². The predicted octanol–water partition coefficient (Wildman–Crippen LogP) is 3.74. The van der Waals surface area contributed by atoms with E-state index in [2.05, 4.69) is 34.6 Å². The molecule has 3 heteroatoms. The molecule has 1 amide bonds. The van der Waals surface area contributed by atoms with Crippen molar-refractivity contribution in [3.8, 4) is 5.75 Å². The van der Waals surface area contributed by atoms with Gasteiger partial charge in [-0.2, -0.15) is 0 Å². The normalized spacial score (nSPS) is 12.3. The van der Waals surface area contributed by atoms with Gasteiger partial charge in [-0.1, -0.05) is 46.8 Å². The van der Waals surface area contributed by atoms with Gasteiger partial charge in [0.05, 0.1) is 6.42 Å². The van der Waals surface area contributed by atoms with Crippen molar-refractivity contribution in [3.63, 3.8) is 0 Å². The maximum atomic E-state index is 11.9. The van der Waals surface area contributed by atoms with Gasteiger partial charge in [-0.05, 0) is 28.9 Å². The lowest BCUT2D eigenvalue weighted by molar-refractivity contribution is -0.128. The lowest BCUT2D eigenvalue weighted by atomic mass is 9.72. The summed E-state index contributed by atoms with van der Waals surface area (Å²) < 4.78 is 0. The highest BCUT2D eigenvalue weighted by Crippen LogP contribution is 2.37. The molecule has 0 radical (unpaired) electrons. The molecule has 1 aromatic carbocycles. The second-order valence-corrected chi connectivity index (χ2v) is 7.93. The molecule has 0 heterocycles. The first-order valence-electron chi connectivity index (χ1n) is 7.45. The molecule has 0 saturated carbocycles. The van der Waals surface area contributed by atoms with Crippen molar-refractivity contribution in [1.82, 2.24) is 4.90 Å². The first-order chi connectivity index (χ1) is 9.42. The van der Waals surface area contributed by atoms with Crippen LogP contribution in [-0.4, -0.2) is 30.0 Å². The zero-order valence-electron chi connectivity index (χ0n) is 14.4. The minimum Gasteiger partial charge on any atom is -0.508 e. The fourth-order valence-corrected chi connectivity index (χ4v) is 2.90. The van der Waals surface area contributed by atoms with Crippen LogP contribution in [0.2, 0.25) is 0 Å². The minimum absolute atomic E-state index is 0.00185. The van der Waals surface area contributed by atoms with Crippen LogP contribution in [0.1, 0.15) is 52.2 Å². The molecule has 3 nitrogen and oxygen atoms in total. The highest BCUT2D eigenvalue weighted by atomic mass is 16.3. The van der Waals surface area contributed by atoms with Gasteiger partial charge in [-0.25, -0.2) is 0 Å². The third-order valence-electron chi connectivity index (χ3n) is 3.67. The molecule has 118 valence electrons. The van der Waals surface area contributed by atoms with Crippen LogP contribution >= 0.6 is 0 Å². The SMILES string of the molecule is CN(C)C(=O)Cc1cc(C(C)(C)CC(C)(C)C)ccc1O. The van der Waals surface area contributed by atoms with Crippen LogP contribution in [0, 0.1) is 5.41 Å². The molecule has 0 aliphatic carbocycles. The highest BCUT2D eigenvalue weighted by molar-refractivity contribution is 5.79. The van der Waals surface area contributed by atoms with Crippen molar-refractivity contribution >= 4 is 5.91 Å². The van der Waals surface area contributed by atoms with E-state index >= 15 is 0 Å². The van der Waals surface area contributed by atoms with Crippen LogP contribution < -0.4 is 0 Å². The maximum absolute atomic E-state index is 11.9. The van der Waals surface area contributed by atoms with Crippen LogP contribution in [0.3, 0.4) is 0 Å². The quantitative estimate of drug-likeness (QED) is 0.918. The van der Waals surface area contributed by atoms with E-state index < -0.39 is 0 Å². The molecular weight excluding hydrogens is 262 g/mol. The van der Waals surface area contributed by atoms with E-state index in [0.717, 1.165) is 12.0 Å². The fraction of sp³-hybridized carbons (Fsp3) is 0.611. The fourth-order valence-electron chi connectivity index (χ4n) is 2.90. The number of likely N-dealkylation sites (N-methyl/N-ethyl adjacent to an activating group) is 1. The predicted molar refractivity (Wildman–Crippen MR) is 87.6 cm³/mol. The summed E-state index contributed by atoms with van der Waals surface area (Å²) in [5.74, 6) is 0.191. The van der Waals surface area contributed by atoms with Gasteiger partial charge in [0.25, 0.3) is 0 Å². The first-order valence-corrected chi connectivity index (χ1v) is 7.45. The molecule has 0 atom stereocenters. The molecule has 1 N–H and O–H groups in total. The Morgan fingerprint density at radius 3 is 2.19 bits per heavy atom. The molecule has 0 aromatic heterocycles. The van der Waals surface area contributed by atoms with Crippen LogP contribution in [-0.2, 0) is 16.6 Å². The summed E-state index contributed by atoms with van der Waals surface area (Å²) in [7, 11) is 3.46. The minimum atomic E-state index is -0.00363. The van der Waals surface area contributed by atoms with E-state index in [1.54, 1.807) is 25.1 Å². The number of benzene rings is 1. The Kier molecular flexibility index (Phi) is 5.08. The molecule has 1 aromatic rings. The molecule has 0 bridgehead atoms. The number of aromatic hydroxyl groups is 1. The molecule has 0 spiro atoms. The van der Waals surface area contributed by atoms with Crippen LogP contribution in [0.4, 0.5) is 0 Å². The summed E-state index contributed by atoms with van der Waals surface area (Å²) >= 11 is 0. The molecule has 1 rings (SSSR count). The van der Waals surface area contributed by atoms with Gasteiger partial charge in [-0.15, -0.1) is 0 Å². The van der Waals surface area contributed by atoms with Crippen molar-refractivity contribution in [3.05, 3.63) is 29.3 Å². The van der Waals surface area contributed by atoms with E-state index in [9.17, 15) is 9.90 Å². The summed E-state index contributed by atoms with van der Waals surface area (Å²) in [6, 6.07) is 5.64. The number of hydrogen-bond acceptors (Lipinski definition) is 2. The molecule has 0 fully saturated rings. The molecule has 0 aliphatic heterocycles. The van der Waals surface area contributed by atoms with E-state index in [0.29, 0.717) is 5.56 Å². The lowest BCUT2D eigenvalue weighted by Crippen LogP contribution is -2.26. The second-order valence-electron chi connectivity index (χ2n) is 7.93. The van der Waals surface area contributed by atoms with Crippen LogP contribution in [0.25, 0.3) is 0 Å². The zero-order valence-corrected chi connectivity index (χ0v) is 14.4. The number of phenolic OH excluding ortho intramolecular Hbond substituents is 1. The Labute approximate surface area is 129 Å². The van der Waals surface area contributed by atoms with E-state index in [4.69, 9.17) is 0 Å². The lowest BCUT2D eigenvalue weighted by Gasteiger charge is -2.33. The third-order valence-corrected chi connectivity index (χ3v) is 3.67. The molecule has 0 unspecified atom stereocenters. The topological polar surface area (TPSA) is 40.5 Å². The van der Waals surface area contributed by atoms with E-state index in [-0.39, 0.29) is 28.9 Å². The smallest absolute Gasteiger partial charge is 0.226 e. The molecule has 0 aliphatic rings. The van der Waals surface area contributed by atoms with Gasteiger partial charge in [-0.3, -0.25) is 4.79 Å². The Morgan fingerprint density at radius 2 is 1.71 bits per heavy atom. The maximum Gasteiger partial charge on any atom is 0.226 e. The zero-order chi connectivity index (χ0) is 16.4. The average Bonchev–Trinajstić information content (AvgIpc) is 2.28. The Balaban J connectivity index is 3.08. The van der Waals surface area contributed by atoms with Gasteiger partial charge in [0, 0.05) is 19.7 Å². The third kappa shape index (κ3) is 5.07. The van der Waals surface area contributed by atoms with Crippen LogP contribution in [0.5, 0.6) is 5.75 Å². The highest BCUT2D eigenvalue weighted by Gasteiger charge is 2.28. The number of hydrogen-bond donors (Lipinski definition) is 1. The molecular formula is C18H29NO2. The van der Waals surface area contributed by atoms with Crippen molar-refractivity contribution in [2.45, 2.75) is 52.9 Å². The second kappa shape index (κ2) is 6.08. The summed E-state index contributed by atoms with van der Waals surface area (Å²) in [6.45, 7) is 11.1. The van der Waals surface area contributed by atoms with Gasteiger partial charge < -0.3 is 10.0 Å². The number of amides is 1. The summed E-state index contributed by atoms with van der Waals surface area (Å²) in [6.07, 6.45) is 1.27. The molecule has 21 heavy (non-hydrogen) atoms. The Bertz CT molecular complexity index is 510. The molecule has 0 saturated heterocycles. The largest absolute Gasteiger partial charge is 0.508 e. The number of carbonyl (C=O) groups excluding carboxylic acids is 1. The number of carbonyl (C=O) groups is 1. The summed E-state index contributed by atoms with van der Waals surface area (Å²) in [5.41, 5.74) is 2.09. The monoisotopic (exact) mass is 291 g/mol. The van der Waals surface area contributed by atoms with Gasteiger partial charge in [0.1, 0.15) is 5.75 Å². The number of phenols is 1. The Hall–Kier alpha value is -1.51. The van der Waals surface area contributed by atoms with Gasteiger partial charge >= 0.3 is 0 Å². The van der Waals surface area contributed by atoms with Gasteiger partial charge in [0.2, 0.25) is 5.91 Å².